The van der Waals surface area contributed by atoms with Gasteiger partial charge in [-0.05, 0) is 5.92 Å². The van der Waals surface area contributed by atoms with Crippen molar-refractivity contribution in [3.05, 3.63) is 12.7 Å². The molecule has 92 valence electrons. The van der Waals surface area contributed by atoms with Gasteiger partial charge in [0.25, 0.3) is 0 Å². The summed E-state index contributed by atoms with van der Waals surface area (Å²) in [7, 11) is 0. The highest BCUT2D eigenvalue weighted by molar-refractivity contribution is 5.76. The number of ether oxygens (including phenoxy) is 1. The van der Waals surface area contributed by atoms with Crippen LogP contribution in [0.15, 0.2) is 12.7 Å². The Bertz CT molecular complexity index is 239. The largest absolute Gasteiger partial charge is 0.445 e. The topological polar surface area (TPSA) is 67.4 Å². The molecule has 0 aliphatic heterocycles. The maximum atomic E-state index is 11.2. The second-order valence-corrected chi connectivity index (χ2v) is 3.76. The van der Waals surface area contributed by atoms with Gasteiger partial charge < -0.3 is 15.4 Å². The molecule has 0 aromatic rings. The van der Waals surface area contributed by atoms with E-state index in [9.17, 15) is 9.59 Å². The van der Waals surface area contributed by atoms with Gasteiger partial charge in [-0.2, -0.15) is 0 Å². The summed E-state index contributed by atoms with van der Waals surface area (Å²) < 4.78 is 4.68. The van der Waals surface area contributed by atoms with E-state index in [1.54, 1.807) is 0 Å². The van der Waals surface area contributed by atoms with Gasteiger partial charge in [-0.25, -0.2) is 4.79 Å². The minimum atomic E-state index is -0.502. The third-order valence-corrected chi connectivity index (χ3v) is 1.64. The summed E-state index contributed by atoms with van der Waals surface area (Å²) in [6.45, 7) is 8.33. The lowest BCUT2D eigenvalue weighted by Gasteiger charge is -2.08. The molecule has 16 heavy (non-hydrogen) atoms. The van der Waals surface area contributed by atoms with E-state index in [2.05, 4.69) is 21.9 Å². The average Bonchev–Trinajstić information content (AvgIpc) is 2.20. The van der Waals surface area contributed by atoms with E-state index in [0.29, 0.717) is 25.4 Å². The molecule has 0 aromatic carbocycles. The number of hydrogen-bond donors (Lipinski definition) is 2. The molecule has 0 saturated heterocycles. The second-order valence-electron chi connectivity index (χ2n) is 3.76. The van der Waals surface area contributed by atoms with Crippen molar-refractivity contribution in [3.63, 3.8) is 0 Å². The van der Waals surface area contributed by atoms with Crippen molar-refractivity contribution in [1.82, 2.24) is 10.6 Å². The van der Waals surface area contributed by atoms with Crippen LogP contribution >= 0.6 is 0 Å². The van der Waals surface area contributed by atoms with E-state index in [1.807, 2.05) is 13.8 Å². The van der Waals surface area contributed by atoms with E-state index >= 15 is 0 Å². The Morgan fingerprint density at radius 3 is 2.50 bits per heavy atom. The molecule has 5 nitrogen and oxygen atoms in total. The van der Waals surface area contributed by atoms with Crippen LogP contribution in [0.5, 0.6) is 0 Å². The molecule has 0 atom stereocenters. The summed E-state index contributed by atoms with van der Waals surface area (Å²) in [6.07, 6.45) is 1.49. The van der Waals surface area contributed by atoms with Gasteiger partial charge in [0.2, 0.25) is 5.91 Å². The van der Waals surface area contributed by atoms with E-state index in [4.69, 9.17) is 0 Å². The Hall–Kier alpha value is -1.52. The van der Waals surface area contributed by atoms with Gasteiger partial charge >= 0.3 is 6.09 Å². The molecule has 2 amide bonds. The molecule has 5 heteroatoms. The quantitative estimate of drug-likeness (QED) is 0.506. The molecule has 2 N–H and O–H groups in total. The molecular formula is C11H20N2O3. The number of carbonyl (C=O) groups excluding carboxylic acids is 2. The monoisotopic (exact) mass is 228 g/mol. The van der Waals surface area contributed by atoms with E-state index in [0.717, 1.165) is 0 Å². The molecule has 0 bridgehead atoms. The fourth-order valence-corrected chi connectivity index (χ4v) is 0.995. The normalized spacial score (nSPS) is 9.69. The molecule has 0 spiro atoms. The second kappa shape index (κ2) is 8.76. The van der Waals surface area contributed by atoms with Crippen LogP contribution in [0.3, 0.4) is 0 Å². The van der Waals surface area contributed by atoms with Crippen molar-refractivity contribution in [3.8, 4) is 0 Å². The minimum Gasteiger partial charge on any atom is -0.445 e. The molecule has 0 aliphatic carbocycles. The van der Waals surface area contributed by atoms with E-state index < -0.39 is 6.09 Å². The first-order valence-electron chi connectivity index (χ1n) is 5.34. The molecule has 0 rings (SSSR count). The molecular weight excluding hydrogens is 208 g/mol. The first-order valence-corrected chi connectivity index (χ1v) is 5.34. The van der Waals surface area contributed by atoms with Crippen LogP contribution in [-0.4, -0.2) is 31.7 Å². The fraction of sp³-hybridized carbons (Fsp3) is 0.636. The first-order chi connectivity index (χ1) is 7.56. The summed E-state index contributed by atoms with van der Waals surface area (Å²) in [5.74, 6) is 0.335. The summed E-state index contributed by atoms with van der Waals surface area (Å²) in [5.41, 5.74) is 0. The van der Waals surface area contributed by atoms with Crippen LogP contribution < -0.4 is 10.6 Å². The summed E-state index contributed by atoms with van der Waals surface area (Å²) >= 11 is 0. The zero-order valence-corrected chi connectivity index (χ0v) is 9.91. The van der Waals surface area contributed by atoms with Gasteiger partial charge in [0.15, 0.2) is 0 Å². The van der Waals surface area contributed by atoms with E-state index in [1.165, 1.54) is 6.08 Å². The van der Waals surface area contributed by atoms with Gasteiger partial charge in [-0.3, -0.25) is 4.79 Å². The predicted octanol–water partition coefficient (Wildman–Crippen LogP) is 1.06. The highest BCUT2D eigenvalue weighted by Crippen LogP contribution is 1.97. The van der Waals surface area contributed by atoms with Crippen molar-refractivity contribution < 1.29 is 14.3 Å². The van der Waals surface area contributed by atoms with E-state index in [-0.39, 0.29) is 12.5 Å². The Kier molecular flexibility index (Phi) is 7.93. The molecule has 0 unspecified atom stereocenters. The van der Waals surface area contributed by atoms with Gasteiger partial charge in [0.1, 0.15) is 6.61 Å². The highest BCUT2D eigenvalue weighted by Gasteiger charge is 2.04. The molecule has 0 heterocycles. The number of hydrogen-bond acceptors (Lipinski definition) is 3. The number of rotatable bonds is 7. The summed E-state index contributed by atoms with van der Waals surface area (Å²) in [6, 6.07) is 0. The van der Waals surface area contributed by atoms with Gasteiger partial charge in [0.05, 0.1) is 0 Å². The number of alkyl carbamates (subject to hydrolysis) is 1. The Morgan fingerprint density at radius 1 is 1.31 bits per heavy atom. The third kappa shape index (κ3) is 9.05. The standard InChI is InChI=1S/C11H20N2O3/c1-4-7-16-11(15)13-6-5-12-10(14)8-9(2)3/h4,9H,1,5-8H2,2-3H3,(H,12,14)(H,13,15). The van der Waals surface area contributed by atoms with Crippen LogP contribution in [0.1, 0.15) is 20.3 Å². The lowest BCUT2D eigenvalue weighted by Crippen LogP contribution is -2.35. The van der Waals surface area contributed by atoms with Crippen LogP contribution in [0.4, 0.5) is 4.79 Å². The smallest absolute Gasteiger partial charge is 0.407 e. The predicted molar refractivity (Wildman–Crippen MR) is 62.0 cm³/mol. The fourth-order valence-electron chi connectivity index (χ4n) is 0.995. The molecule has 0 radical (unpaired) electrons. The third-order valence-electron chi connectivity index (χ3n) is 1.64. The maximum Gasteiger partial charge on any atom is 0.407 e. The zero-order chi connectivity index (χ0) is 12.4. The maximum absolute atomic E-state index is 11.2. The molecule has 0 aromatic heterocycles. The van der Waals surface area contributed by atoms with Crippen LogP contribution in [0.25, 0.3) is 0 Å². The Morgan fingerprint density at radius 2 is 1.94 bits per heavy atom. The van der Waals surface area contributed by atoms with Crippen molar-refractivity contribution in [2.45, 2.75) is 20.3 Å². The lowest BCUT2D eigenvalue weighted by atomic mass is 10.1. The first kappa shape index (κ1) is 14.5. The Balaban J connectivity index is 3.42. The number of amides is 2. The van der Waals surface area contributed by atoms with Crippen molar-refractivity contribution in [2.75, 3.05) is 19.7 Å². The van der Waals surface area contributed by atoms with Crippen molar-refractivity contribution >= 4 is 12.0 Å². The van der Waals surface area contributed by atoms with Crippen LogP contribution in [0, 0.1) is 5.92 Å². The average molecular weight is 228 g/mol. The van der Waals surface area contributed by atoms with Crippen LogP contribution in [0.2, 0.25) is 0 Å². The molecule has 0 fully saturated rings. The highest BCUT2D eigenvalue weighted by atomic mass is 16.5. The minimum absolute atomic E-state index is 0.00346. The zero-order valence-electron chi connectivity index (χ0n) is 9.91. The lowest BCUT2D eigenvalue weighted by molar-refractivity contribution is -0.121. The van der Waals surface area contributed by atoms with Gasteiger partial charge in [-0.1, -0.05) is 26.5 Å². The number of nitrogens with one attached hydrogen (secondary N) is 2. The molecule has 0 saturated carbocycles. The summed E-state index contributed by atoms with van der Waals surface area (Å²) in [5, 5.41) is 5.20. The summed E-state index contributed by atoms with van der Waals surface area (Å²) in [4.78, 5) is 22.1. The number of carbonyl (C=O) groups is 2. The van der Waals surface area contributed by atoms with Crippen LogP contribution in [-0.2, 0) is 9.53 Å². The Labute approximate surface area is 96.2 Å². The van der Waals surface area contributed by atoms with Gasteiger partial charge in [-0.15, -0.1) is 0 Å². The van der Waals surface area contributed by atoms with Crippen molar-refractivity contribution in [1.29, 1.82) is 0 Å². The van der Waals surface area contributed by atoms with Gasteiger partial charge in [0, 0.05) is 19.5 Å². The van der Waals surface area contributed by atoms with Crippen molar-refractivity contribution in [2.24, 2.45) is 5.92 Å². The SMILES string of the molecule is C=CCOC(=O)NCCNC(=O)CC(C)C. The molecule has 0 aliphatic rings.